The molecule has 1 N–H and O–H groups in total. The molecule has 0 spiro atoms. The molecule has 0 saturated heterocycles. The Morgan fingerprint density at radius 3 is 2.62 bits per heavy atom. The molecule has 0 aliphatic rings. The standard InChI is InChI=1S/C16H25N3O2/c1-12(2)21-9-5-8-17-11-13-6-7-14-15(10-13)19(4)16(20)18(14)3/h6-7,10,12,17H,5,8-9,11H2,1-4H3. The van der Waals surface area contributed by atoms with Gasteiger partial charge in [0.05, 0.1) is 17.1 Å². The van der Waals surface area contributed by atoms with Crippen molar-refractivity contribution in [3.8, 4) is 0 Å². The number of aromatic nitrogens is 2. The van der Waals surface area contributed by atoms with E-state index < -0.39 is 0 Å². The summed E-state index contributed by atoms with van der Waals surface area (Å²) in [5.74, 6) is 0. The van der Waals surface area contributed by atoms with Crippen LogP contribution in [0.5, 0.6) is 0 Å². The average molecular weight is 291 g/mol. The number of ether oxygens (including phenoxy) is 1. The SMILES string of the molecule is CC(C)OCCCNCc1ccc2c(c1)n(C)c(=O)n2C. The van der Waals surface area contributed by atoms with E-state index in [9.17, 15) is 4.79 Å². The van der Waals surface area contributed by atoms with E-state index >= 15 is 0 Å². The van der Waals surface area contributed by atoms with Crippen molar-refractivity contribution >= 4 is 11.0 Å². The van der Waals surface area contributed by atoms with Crippen LogP contribution < -0.4 is 11.0 Å². The Bertz CT molecular complexity index is 655. The highest BCUT2D eigenvalue weighted by molar-refractivity contribution is 5.76. The highest BCUT2D eigenvalue weighted by atomic mass is 16.5. The van der Waals surface area contributed by atoms with Crippen molar-refractivity contribution in [1.29, 1.82) is 0 Å². The Labute approximate surface area is 125 Å². The molecule has 0 aliphatic heterocycles. The Hall–Kier alpha value is -1.59. The van der Waals surface area contributed by atoms with Gasteiger partial charge in [-0.3, -0.25) is 9.13 Å². The summed E-state index contributed by atoms with van der Waals surface area (Å²) in [5.41, 5.74) is 3.15. The number of aryl methyl sites for hydroxylation is 2. The molecular formula is C16H25N3O2. The number of fused-ring (bicyclic) bond motifs is 1. The Kier molecular flexibility index (Phi) is 5.20. The van der Waals surface area contributed by atoms with Gasteiger partial charge in [0, 0.05) is 27.2 Å². The van der Waals surface area contributed by atoms with Crippen molar-refractivity contribution < 1.29 is 4.74 Å². The molecule has 0 saturated carbocycles. The lowest BCUT2D eigenvalue weighted by atomic mass is 10.2. The number of nitrogens with zero attached hydrogens (tertiary/aromatic N) is 2. The molecule has 1 aromatic carbocycles. The normalized spacial score (nSPS) is 11.7. The van der Waals surface area contributed by atoms with Crippen molar-refractivity contribution in [2.75, 3.05) is 13.2 Å². The molecule has 2 rings (SSSR count). The predicted octanol–water partition coefficient (Wildman–Crippen LogP) is 1.78. The summed E-state index contributed by atoms with van der Waals surface area (Å²) < 4.78 is 8.87. The first kappa shape index (κ1) is 15.8. The number of imidazole rings is 1. The lowest BCUT2D eigenvalue weighted by Gasteiger charge is -2.08. The third-order valence-corrected chi connectivity index (χ3v) is 3.61. The van der Waals surface area contributed by atoms with Gasteiger partial charge in [-0.2, -0.15) is 0 Å². The molecule has 0 bridgehead atoms. The minimum Gasteiger partial charge on any atom is -0.379 e. The van der Waals surface area contributed by atoms with Crippen LogP contribution in [0.4, 0.5) is 0 Å². The van der Waals surface area contributed by atoms with Crippen molar-refractivity contribution in [2.45, 2.75) is 32.9 Å². The van der Waals surface area contributed by atoms with Gasteiger partial charge in [-0.15, -0.1) is 0 Å². The van der Waals surface area contributed by atoms with Crippen LogP contribution in [0.25, 0.3) is 11.0 Å². The van der Waals surface area contributed by atoms with Gasteiger partial charge in [0.15, 0.2) is 0 Å². The van der Waals surface area contributed by atoms with Gasteiger partial charge in [0.1, 0.15) is 0 Å². The summed E-state index contributed by atoms with van der Waals surface area (Å²) in [5, 5.41) is 3.41. The van der Waals surface area contributed by atoms with Crippen molar-refractivity contribution in [3.63, 3.8) is 0 Å². The number of nitrogens with one attached hydrogen (secondary N) is 1. The zero-order chi connectivity index (χ0) is 15.4. The molecule has 0 amide bonds. The third kappa shape index (κ3) is 3.74. The quantitative estimate of drug-likeness (QED) is 0.791. The minimum absolute atomic E-state index is 0.0148. The van der Waals surface area contributed by atoms with Gasteiger partial charge in [-0.25, -0.2) is 4.79 Å². The van der Waals surface area contributed by atoms with Crippen LogP contribution in [-0.4, -0.2) is 28.4 Å². The summed E-state index contributed by atoms with van der Waals surface area (Å²) in [7, 11) is 3.61. The zero-order valence-electron chi connectivity index (χ0n) is 13.3. The van der Waals surface area contributed by atoms with Crippen molar-refractivity contribution in [3.05, 3.63) is 34.2 Å². The van der Waals surface area contributed by atoms with E-state index in [0.717, 1.165) is 37.2 Å². The molecule has 0 aliphatic carbocycles. The van der Waals surface area contributed by atoms with Crippen LogP contribution in [0.3, 0.4) is 0 Å². The second-order valence-corrected chi connectivity index (χ2v) is 5.67. The molecule has 116 valence electrons. The monoisotopic (exact) mass is 291 g/mol. The minimum atomic E-state index is 0.0148. The molecule has 1 aromatic heterocycles. The largest absolute Gasteiger partial charge is 0.379 e. The first-order valence-electron chi connectivity index (χ1n) is 7.47. The fourth-order valence-corrected chi connectivity index (χ4v) is 2.41. The van der Waals surface area contributed by atoms with Crippen LogP contribution in [-0.2, 0) is 25.4 Å². The van der Waals surface area contributed by atoms with Crippen LogP contribution in [0.2, 0.25) is 0 Å². The molecule has 5 nitrogen and oxygen atoms in total. The Morgan fingerprint density at radius 2 is 1.90 bits per heavy atom. The molecule has 0 radical (unpaired) electrons. The molecule has 0 atom stereocenters. The highest BCUT2D eigenvalue weighted by Gasteiger charge is 2.07. The smallest absolute Gasteiger partial charge is 0.328 e. The number of benzene rings is 1. The van der Waals surface area contributed by atoms with Crippen molar-refractivity contribution in [1.82, 2.24) is 14.5 Å². The van der Waals surface area contributed by atoms with E-state index in [1.54, 1.807) is 16.2 Å². The molecule has 1 heterocycles. The van der Waals surface area contributed by atoms with E-state index in [1.807, 2.05) is 27.0 Å². The molecule has 21 heavy (non-hydrogen) atoms. The van der Waals surface area contributed by atoms with Crippen LogP contribution in [0, 0.1) is 0 Å². The van der Waals surface area contributed by atoms with Crippen molar-refractivity contribution in [2.24, 2.45) is 14.1 Å². The maximum Gasteiger partial charge on any atom is 0.328 e. The highest BCUT2D eigenvalue weighted by Crippen LogP contribution is 2.13. The van der Waals surface area contributed by atoms with Gasteiger partial charge in [0.2, 0.25) is 0 Å². The summed E-state index contributed by atoms with van der Waals surface area (Å²) in [6.45, 7) is 6.62. The fourth-order valence-electron chi connectivity index (χ4n) is 2.41. The summed E-state index contributed by atoms with van der Waals surface area (Å²) in [4.78, 5) is 11.9. The van der Waals surface area contributed by atoms with E-state index in [-0.39, 0.29) is 5.69 Å². The average Bonchev–Trinajstić information content (AvgIpc) is 2.67. The lowest BCUT2D eigenvalue weighted by Crippen LogP contribution is -2.19. The van der Waals surface area contributed by atoms with Crippen LogP contribution in [0.15, 0.2) is 23.0 Å². The van der Waals surface area contributed by atoms with Gasteiger partial charge < -0.3 is 10.1 Å². The summed E-state index contributed by atoms with van der Waals surface area (Å²) in [6, 6.07) is 6.16. The van der Waals surface area contributed by atoms with Gasteiger partial charge >= 0.3 is 5.69 Å². The first-order chi connectivity index (χ1) is 10.0. The number of rotatable bonds is 7. The van der Waals surface area contributed by atoms with Crippen LogP contribution >= 0.6 is 0 Å². The lowest BCUT2D eigenvalue weighted by molar-refractivity contribution is 0.0770. The molecule has 0 fully saturated rings. The third-order valence-electron chi connectivity index (χ3n) is 3.61. The topological polar surface area (TPSA) is 48.2 Å². The number of hydrogen-bond donors (Lipinski definition) is 1. The second kappa shape index (κ2) is 6.91. The summed E-state index contributed by atoms with van der Waals surface area (Å²) >= 11 is 0. The van der Waals surface area contributed by atoms with Gasteiger partial charge in [-0.1, -0.05) is 6.07 Å². The van der Waals surface area contributed by atoms with Gasteiger partial charge in [0.25, 0.3) is 0 Å². The van der Waals surface area contributed by atoms with Crippen LogP contribution in [0.1, 0.15) is 25.8 Å². The maximum absolute atomic E-state index is 11.9. The van der Waals surface area contributed by atoms with E-state index in [1.165, 1.54) is 5.56 Å². The zero-order valence-corrected chi connectivity index (χ0v) is 13.3. The second-order valence-electron chi connectivity index (χ2n) is 5.67. The van der Waals surface area contributed by atoms with E-state index in [4.69, 9.17) is 4.74 Å². The van der Waals surface area contributed by atoms with E-state index in [0.29, 0.717) is 6.10 Å². The predicted molar refractivity (Wildman–Crippen MR) is 85.6 cm³/mol. The number of hydrogen-bond acceptors (Lipinski definition) is 3. The molecule has 0 unspecified atom stereocenters. The Balaban J connectivity index is 1.91. The fraction of sp³-hybridized carbons (Fsp3) is 0.562. The molecule has 5 heteroatoms. The molecular weight excluding hydrogens is 266 g/mol. The van der Waals surface area contributed by atoms with E-state index in [2.05, 4.69) is 17.4 Å². The Morgan fingerprint density at radius 1 is 1.19 bits per heavy atom. The maximum atomic E-state index is 11.9. The molecule has 2 aromatic rings. The first-order valence-corrected chi connectivity index (χ1v) is 7.47. The van der Waals surface area contributed by atoms with Gasteiger partial charge in [-0.05, 0) is 44.5 Å². The summed E-state index contributed by atoms with van der Waals surface area (Å²) in [6.07, 6.45) is 1.30.